The molecule has 104 valence electrons. The molecule has 0 aromatic heterocycles. The van der Waals surface area contributed by atoms with Crippen LogP contribution >= 0.6 is 0 Å². The van der Waals surface area contributed by atoms with Gasteiger partial charge in [0.25, 0.3) is 0 Å². The molecule has 1 unspecified atom stereocenters. The third-order valence-corrected chi connectivity index (χ3v) is 4.67. The number of aromatic hydroxyl groups is 1. The van der Waals surface area contributed by atoms with E-state index in [1.54, 1.807) is 0 Å². The highest BCUT2D eigenvalue weighted by atomic mass is 32.2. The molecule has 0 saturated carbocycles. The summed E-state index contributed by atoms with van der Waals surface area (Å²) in [5, 5.41) is 9.30. The predicted octanol–water partition coefficient (Wildman–Crippen LogP) is 1.61. The Hall–Kier alpha value is -1.53. The monoisotopic (exact) mass is 282 g/mol. The molecule has 2 rings (SSSR count). The number of hydrogen-bond acceptors (Lipinski definition) is 4. The van der Waals surface area contributed by atoms with Gasteiger partial charge >= 0.3 is 0 Å². The molecule has 0 heterocycles. The Balaban J connectivity index is 2.05. The second kappa shape index (κ2) is 5.63. The molecule has 19 heavy (non-hydrogen) atoms. The quantitative estimate of drug-likeness (QED) is 0.444. The zero-order chi connectivity index (χ0) is 13.9. The zero-order valence-electron chi connectivity index (χ0n) is 10.5. The van der Waals surface area contributed by atoms with Crippen molar-refractivity contribution in [2.45, 2.75) is 24.2 Å². The number of nitrogen functional groups attached to an aromatic ring is 1. The minimum atomic E-state index is -3.56. The van der Waals surface area contributed by atoms with Gasteiger partial charge in [-0.3, -0.25) is 0 Å². The van der Waals surface area contributed by atoms with Crippen LogP contribution in [0.1, 0.15) is 19.3 Å². The lowest BCUT2D eigenvalue weighted by molar-refractivity contribution is 0.468. The van der Waals surface area contributed by atoms with Gasteiger partial charge in [-0.25, -0.2) is 13.1 Å². The van der Waals surface area contributed by atoms with Crippen LogP contribution in [0.15, 0.2) is 35.2 Å². The van der Waals surface area contributed by atoms with Crippen molar-refractivity contribution in [3.63, 3.8) is 0 Å². The second-order valence-corrected chi connectivity index (χ2v) is 6.49. The summed E-state index contributed by atoms with van der Waals surface area (Å²) in [6, 6.07) is 3.89. The van der Waals surface area contributed by atoms with Crippen molar-refractivity contribution in [2.24, 2.45) is 5.92 Å². The van der Waals surface area contributed by atoms with Crippen molar-refractivity contribution in [3.8, 4) is 5.75 Å². The highest BCUT2D eigenvalue weighted by Crippen LogP contribution is 2.23. The van der Waals surface area contributed by atoms with Crippen LogP contribution in [-0.4, -0.2) is 20.1 Å². The maximum Gasteiger partial charge on any atom is 0.240 e. The van der Waals surface area contributed by atoms with Gasteiger partial charge in [0.05, 0.1) is 10.6 Å². The number of rotatable bonds is 4. The number of benzene rings is 1. The number of nitrogens with two attached hydrogens (primary N) is 1. The molecule has 0 aliphatic heterocycles. The van der Waals surface area contributed by atoms with Gasteiger partial charge < -0.3 is 10.8 Å². The van der Waals surface area contributed by atoms with Crippen molar-refractivity contribution in [2.75, 3.05) is 12.3 Å². The average molecular weight is 282 g/mol. The molecule has 1 aromatic rings. The number of anilines is 1. The fraction of sp³-hybridized carbons (Fsp3) is 0.385. The standard InChI is InChI=1S/C13H18N2O3S/c14-12-8-11(6-7-13(12)16)19(17,18)15-9-10-4-2-1-3-5-10/h1-2,6-8,10,15-16H,3-5,9,14H2. The third kappa shape index (κ3) is 3.48. The van der Waals surface area contributed by atoms with Gasteiger partial charge in [-0.1, -0.05) is 12.2 Å². The summed E-state index contributed by atoms with van der Waals surface area (Å²) in [7, 11) is -3.56. The van der Waals surface area contributed by atoms with Crippen LogP contribution in [0.5, 0.6) is 5.75 Å². The van der Waals surface area contributed by atoms with Crippen LogP contribution in [0.3, 0.4) is 0 Å². The van der Waals surface area contributed by atoms with Crippen LogP contribution in [0.4, 0.5) is 5.69 Å². The number of nitrogens with one attached hydrogen (secondary N) is 1. The molecule has 5 nitrogen and oxygen atoms in total. The topological polar surface area (TPSA) is 92.4 Å². The van der Waals surface area contributed by atoms with Crippen molar-refractivity contribution in [3.05, 3.63) is 30.4 Å². The fourth-order valence-corrected chi connectivity index (χ4v) is 3.20. The summed E-state index contributed by atoms with van der Waals surface area (Å²) >= 11 is 0. The van der Waals surface area contributed by atoms with Gasteiger partial charge in [0.2, 0.25) is 10.0 Å². The van der Waals surface area contributed by atoms with E-state index in [-0.39, 0.29) is 16.3 Å². The molecule has 6 heteroatoms. The molecular formula is C13H18N2O3S. The maximum atomic E-state index is 12.1. The van der Waals surface area contributed by atoms with Gasteiger partial charge in [-0.15, -0.1) is 0 Å². The predicted molar refractivity (Wildman–Crippen MR) is 74.2 cm³/mol. The summed E-state index contributed by atoms with van der Waals surface area (Å²) in [5.74, 6) is 0.227. The normalized spacial score (nSPS) is 19.5. The van der Waals surface area contributed by atoms with E-state index >= 15 is 0 Å². The minimum absolute atomic E-state index is 0.0588. The van der Waals surface area contributed by atoms with E-state index in [1.807, 2.05) is 0 Å². The zero-order valence-corrected chi connectivity index (χ0v) is 11.4. The Bertz CT molecular complexity index is 582. The summed E-state index contributed by atoms with van der Waals surface area (Å²) in [6.07, 6.45) is 7.10. The number of allylic oxidation sites excluding steroid dienone is 2. The molecule has 1 aliphatic rings. The van der Waals surface area contributed by atoms with Crippen molar-refractivity contribution < 1.29 is 13.5 Å². The van der Waals surface area contributed by atoms with Crippen molar-refractivity contribution in [1.29, 1.82) is 0 Å². The Labute approximate surface area is 113 Å². The third-order valence-electron chi connectivity index (χ3n) is 3.25. The van der Waals surface area contributed by atoms with Gasteiger partial charge in [-0.05, 0) is 43.4 Å². The first-order valence-corrected chi connectivity index (χ1v) is 7.70. The molecule has 1 aliphatic carbocycles. The summed E-state index contributed by atoms with van der Waals surface area (Å²) in [5.41, 5.74) is 5.56. The number of hydrogen-bond donors (Lipinski definition) is 3. The molecule has 0 bridgehead atoms. The van der Waals surface area contributed by atoms with Crippen molar-refractivity contribution >= 4 is 15.7 Å². The molecule has 0 radical (unpaired) electrons. The molecule has 1 atom stereocenters. The van der Waals surface area contributed by atoms with Crippen LogP contribution in [-0.2, 0) is 10.0 Å². The highest BCUT2D eigenvalue weighted by Gasteiger charge is 2.18. The number of sulfonamides is 1. The Morgan fingerprint density at radius 2 is 2.16 bits per heavy atom. The fourth-order valence-electron chi connectivity index (χ4n) is 2.05. The highest BCUT2D eigenvalue weighted by molar-refractivity contribution is 7.89. The lowest BCUT2D eigenvalue weighted by Gasteiger charge is -2.18. The molecule has 0 spiro atoms. The van der Waals surface area contributed by atoms with Crippen LogP contribution < -0.4 is 10.5 Å². The first kappa shape index (κ1) is 13.9. The first-order chi connectivity index (χ1) is 8.99. The number of phenolic OH excluding ortho intramolecular Hbond substituents is 1. The van der Waals surface area contributed by atoms with Crippen molar-refractivity contribution in [1.82, 2.24) is 4.72 Å². The Morgan fingerprint density at radius 1 is 1.37 bits per heavy atom. The van der Waals surface area contributed by atoms with E-state index in [0.29, 0.717) is 12.5 Å². The molecule has 1 aromatic carbocycles. The minimum Gasteiger partial charge on any atom is -0.506 e. The Kier molecular flexibility index (Phi) is 4.11. The van der Waals surface area contributed by atoms with E-state index in [2.05, 4.69) is 16.9 Å². The summed E-state index contributed by atoms with van der Waals surface area (Å²) in [6.45, 7) is 0.424. The van der Waals surface area contributed by atoms with Crippen LogP contribution in [0.25, 0.3) is 0 Å². The maximum absolute atomic E-state index is 12.1. The van der Waals surface area contributed by atoms with E-state index in [0.717, 1.165) is 19.3 Å². The van der Waals surface area contributed by atoms with Crippen LogP contribution in [0.2, 0.25) is 0 Å². The molecule has 0 saturated heterocycles. The van der Waals surface area contributed by atoms with E-state index < -0.39 is 10.0 Å². The summed E-state index contributed by atoms with van der Waals surface area (Å²) in [4.78, 5) is 0.0779. The van der Waals surface area contributed by atoms with Gasteiger partial charge in [0, 0.05) is 6.54 Å². The molecular weight excluding hydrogens is 264 g/mol. The first-order valence-electron chi connectivity index (χ1n) is 6.22. The van der Waals surface area contributed by atoms with Crippen LogP contribution in [0, 0.1) is 5.92 Å². The summed E-state index contributed by atoms with van der Waals surface area (Å²) < 4.78 is 26.7. The number of phenols is 1. The van der Waals surface area contributed by atoms with E-state index in [1.165, 1.54) is 18.2 Å². The van der Waals surface area contributed by atoms with E-state index in [4.69, 9.17) is 5.73 Å². The smallest absolute Gasteiger partial charge is 0.240 e. The lowest BCUT2D eigenvalue weighted by atomic mass is 9.95. The largest absolute Gasteiger partial charge is 0.506 e. The molecule has 0 amide bonds. The van der Waals surface area contributed by atoms with Gasteiger partial charge in [0.1, 0.15) is 5.75 Å². The lowest BCUT2D eigenvalue weighted by Crippen LogP contribution is -2.29. The Morgan fingerprint density at radius 3 is 2.79 bits per heavy atom. The molecule has 4 N–H and O–H groups in total. The van der Waals surface area contributed by atoms with E-state index in [9.17, 15) is 13.5 Å². The molecule has 0 fully saturated rings. The average Bonchev–Trinajstić information content (AvgIpc) is 2.41. The SMILES string of the molecule is Nc1cc(S(=O)(=O)NCC2CC=CCC2)ccc1O. The second-order valence-electron chi connectivity index (χ2n) is 4.72. The van der Waals surface area contributed by atoms with Gasteiger partial charge in [-0.2, -0.15) is 0 Å². The van der Waals surface area contributed by atoms with Gasteiger partial charge in [0.15, 0.2) is 0 Å².